The highest BCUT2D eigenvalue weighted by Crippen LogP contribution is 2.29. The number of carbonyl (C=O) groups is 1. The number of anilines is 1. The number of nitro groups is 1. The number of hydrogen-bond donors (Lipinski definition) is 0. The van der Waals surface area contributed by atoms with E-state index in [0.29, 0.717) is 11.5 Å². The van der Waals surface area contributed by atoms with Crippen LogP contribution in [0.1, 0.15) is 0 Å². The lowest BCUT2D eigenvalue weighted by molar-refractivity contribution is -0.385. The summed E-state index contributed by atoms with van der Waals surface area (Å²) >= 11 is 0. The highest BCUT2D eigenvalue weighted by atomic mass is 32.2. The maximum absolute atomic E-state index is 13.2. The summed E-state index contributed by atoms with van der Waals surface area (Å²) in [7, 11) is -3.16. The van der Waals surface area contributed by atoms with Gasteiger partial charge in [-0.1, -0.05) is 24.3 Å². The Labute approximate surface area is 178 Å². The van der Waals surface area contributed by atoms with Crippen molar-refractivity contribution in [2.75, 3.05) is 18.0 Å². The van der Waals surface area contributed by atoms with Crippen LogP contribution in [-0.4, -0.2) is 33.0 Å². The molecule has 0 aromatic heterocycles. The van der Waals surface area contributed by atoms with Crippen molar-refractivity contribution in [1.29, 1.82) is 0 Å². The number of para-hydroxylation sites is 1. The average Bonchev–Trinajstić information content (AvgIpc) is 2.78. The van der Waals surface area contributed by atoms with Gasteiger partial charge in [0.1, 0.15) is 18.0 Å². The van der Waals surface area contributed by atoms with Crippen LogP contribution in [0.15, 0.2) is 83.8 Å². The van der Waals surface area contributed by atoms with Crippen molar-refractivity contribution in [2.45, 2.75) is 4.90 Å². The van der Waals surface area contributed by atoms with Gasteiger partial charge in [-0.3, -0.25) is 19.2 Å². The Morgan fingerprint density at radius 2 is 1.61 bits per heavy atom. The molecule has 3 aromatic carbocycles. The lowest BCUT2D eigenvalue weighted by Crippen LogP contribution is -2.36. The zero-order valence-corrected chi connectivity index (χ0v) is 17.2. The summed E-state index contributed by atoms with van der Waals surface area (Å²) in [5.41, 5.74) is -0.219. The van der Waals surface area contributed by atoms with Crippen LogP contribution in [0.4, 0.5) is 11.4 Å². The van der Waals surface area contributed by atoms with Crippen molar-refractivity contribution in [3.8, 4) is 11.5 Å². The first kappa shape index (κ1) is 21.8. The van der Waals surface area contributed by atoms with E-state index in [2.05, 4.69) is 4.74 Å². The molecule has 0 heterocycles. The third-order valence-corrected chi connectivity index (χ3v) is 5.99. The van der Waals surface area contributed by atoms with E-state index in [4.69, 9.17) is 4.74 Å². The lowest BCUT2D eigenvalue weighted by Gasteiger charge is -2.23. The molecule has 0 spiro atoms. The molecule has 3 rings (SSSR count). The van der Waals surface area contributed by atoms with Gasteiger partial charge in [0.05, 0.1) is 22.6 Å². The molecule has 9 nitrogen and oxygen atoms in total. The summed E-state index contributed by atoms with van der Waals surface area (Å²) < 4.78 is 37.5. The number of carbonyl (C=O) groups excluding carboxylic acids is 1. The number of hydrogen-bond acceptors (Lipinski definition) is 7. The molecule has 3 aromatic rings. The van der Waals surface area contributed by atoms with Gasteiger partial charge in [-0.05, 0) is 42.5 Å². The van der Waals surface area contributed by atoms with Crippen molar-refractivity contribution in [3.05, 3.63) is 89.0 Å². The molecule has 0 bridgehead atoms. The van der Waals surface area contributed by atoms with Gasteiger partial charge >= 0.3 is 5.97 Å². The van der Waals surface area contributed by atoms with Crippen LogP contribution >= 0.6 is 0 Å². The number of nitro benzene ring substituents is 1. The summed E-state index contributed by atoms with van der Waals surface area (Å²) in [5, 5.41) is 11.0. The lowest BCUT2D eigenvalue weighted by atomic mass is 10.3. The smallest absolute Gasteiger partial charge is 0.326 e. The maximum Gasteiger partial charge on any atom is 0.326 e. The van der Waals surface area contributed by atoms with E-state index in [1.54, 1.807) is 24.3 Å². The van der Waals surface area contributed by atoms with Crippen molar-refractivity contribution < 1.29 is 27.6 Å². The fourth-order valence-electron chi connectivity index (χ4n) is 2.69. The second-order valence-corrected chi connectivity index (χ2v) is 8.11. The van der Waals surface area contributed by atoms with Crippen molar-refractivity contribution in [2.24, 2.45) is 0 Å². The first-order chi connectivity index (χ1) is 14.8. The molecular formula is C21H18N2O7S. The van der Waals surface area contributed by atoms with Crippen LogP contribution in [0.3, 0.4) is 0 Å². The third-order valence-electron chi connectivity index (χ3n) is 4.22. The van der Waals surface area contributed by atoms with E-state index in [1.165, 1.54) is 30.3 Å². The monoisotopic (exact) mass is 442 g/mol. The number of esters is 1. The first-order valence-corrected chi connectivity index (χ1v) is 10.4. The zero-order chi connectivity index (χ0) is 22.4. The van der Waals surface area contributed by atoms with Gasteiger partial charge in [-0.25, -0.2) is 8.42 Å². The molecule has 0 radical (unpaired) electrons. The predicted molar refractivity (Wildman–Crippen MR) is 113 cm³/mol. The Bertz CT molecular complexity index is 1180. The van der Waals surface area contributed by atoms with Crippen LogP contribution in [-0.2, 0) is 19.6 Å². The quantitative estimate of drug-likeness (QED) is 0.296. The maximum atomic E-state index is 13.2. The molecule has 0 unspecified atom stereocenters. The first-order valence-electron chi connectivity index (χ1n) is 8.98. The third kappa shape index (κ3) is 5.17. The van der Waals surface area contributed by atoms with Gasteiger partial charge in [0, 0.05) is 12.1 Å². The minimum atomic E-state index is -4.30. The Balaban J connectivity index is 1.96. The van der Waals surface area contributed by atoms with Gasteiger partial charge < -0.3 is 9.47 Å². The molecule has 31 heavy (non-hydrogen) atoms. The van der Waals surface area contributed by atoms with Gasteiger partial charge in [0.2, 0.25) is 0 Å². The minimum Gasteiger partial charge on any atom is -0.468 e. The molecule has 0 saturated heterocycles. The normalized spacial score (nSPS) is 10.9. The summed E-state index contributed by atoms with van der Waals surface area (Å²) in [6.45, 7) is -0.611. The fraction of sp³-hybridized carbons (Fsp3) is 0.0952. The topological polar surface area (TPSA) is 116 Å². The predicted octanol–water partition coefficient (Wildman–Crippen LogP) is 3.76. The number of benzene rings is 3. The molecule has 0 aliphatic rings. The highest BCUT2D eigenvalue weighted by Gasteiger charge is 2.29. The highest BCUT2D eigenvalue weighted by molar-refractivity contribution is 7.92. The average molecular weight is 442 g/mol. The molecule has 10 heteroatoms. The molecule has 0 saturated carbocycles. The number of methoxy groups -OCH3 is 1. The molecule has 0 aliphatic carbocycles. The number of rotatable bonds is 8. The number of ether oxygens (including phenoxy) is 2. The Hall–Kier alpha value is -3.92. The molecule has 0 fully saturated rings. The number of non-ortho nitro benzene ring substituents is 1. The van der Waals surface area contributed by atoms with Gasteiger partial charge in [0.25, 0.3) is 15.7 Å². The van der Waals surface area contributed by atoms with Crippen molar-refractivity contribution >= 4 is 27.4 Å². The summed E-state index contributed by atoms with van der Waals surface area (Å²) in [6.07, 6.45) is 0. The van der Waals surface area contributed by atoms with Crippen LogP contribution in [0, 0.1) is 10.1 Å². The van der Waals surface area contributed by atoms with E-state index in [9.17, 15) is 23.3 Å². The van der Waals surface area contributed by atoms with Gasteiger partial charge in [-0.15, -0.1) is 0 Å². The van der Waals surface area contributed by atoms with Crippen LogP contribution in [0.5, 0.6) is 11.5 Å². The summed E-state index contributed by atoms with van der Waals surface area (Å²) in [6, 6.07) is 19.6. The van der Waals surface area contributed by atoms with E-state index >= 15 is 0 Å². The van der Waals surface area contributed by atoms with E-state index in [-0.39, 0.29) is 16.3 Å². The van der Waals surface area contributed by atoms with Crippen molar-refractivity contribution in [3.63, 3.8) is 0 Å². The number of nitrogens with zero attached hydrogens (tertiary/aromatic N) is 2. The molecule has 0 aliphatic heterocycles. The van der Waals surface area contributed by atoms with Gasteiger partial charge in [0.15, 0.2) is 0 Å². The number of sulfonamides is 1. The second kappa shape index (κ2) is 9.26. The second-order valence-electron chi connectivity index (χ2n) is 6.25. The Morgan fingerprint density at radius 1 is 0.968 bits per heavy atom. The van der Waals surface area contributed by atoms with Gasteiger partial charge in [-0.2, -0.15) is 0 Å². The van der Waals surface area contributed by atoms with Crippen LogP contribution in [0.25, 0.3) is 0 Å². The SMILES string of the molecule is COC(=O)CN(c1ccc(Oc2ccccc2)cc1)S(=O)(=O)c1cccc([N+](=O)[O-])c1. The van der Waals surface area contributed by atoms with Crippen molar-refractivity contribution in [1.82, 2.24) is 0 Å². The molecule has 160 valence electrons. The molecular weight excluding hydrogens is 424 g/mol. The summed E-state index contributed by atoms with van der Waals surface area (Å²) in [4.78, 5) is 21.9. The largest absolute Gasteiger partial charge is 0.468 e. The standard InChI is InChI=1S/C21H18N2O7S/c1-29-21(24)15-22(31(27,28)20-9-5-6-17(14-20)23(25)26)16-10-12-19(13-11-16)30-18-7-3-2-4-8-18/h2-14H,15H2,1H3. The Morgan fingerprint density at radius 3 is 2.23 bits per heavy atom. The van der Waals surface area contributed by atoms with Crippen LogP contribution in [0.2, 0.25) is 0 Å². The van der Waals surface area contributed by atoms with E-state index in [0.717, 1.165) is 17.5 Å². The Kier molecular flexibility index (Phi) is 6.51. The fourth-order valence-corrected chi connectivity index (χ4v) is 4.14. The van der Waals surface area contributed by atoms with E-state index < -0.39 is 27.5 Å². The molecule has 0 amide bonds. The zero-order valence-electron chi connectivity index (χ0n) is 16.4. The molecule has 0 atom stereocenters. The van der Waals surface area contributed by atoms with E-state index in [1.807, 2.05) is 18.2 Å². The van der Waals surface area contributed by atoms with Crippen LogP contribution < -0.4 is 9.04 Å². The molecule has 0 N–H and O–H groups in total. The minimum absolute atomic E-state index is 0.164. The summed E-state index contributed by atoms with van der Waals surface area (Å²) in [5.74, 6) is 0.269.